The number of nitrogens with zero attached hydrogens (tertiary/aromatic N) is 5. The van der Waals surface area contributed by atoms with Crippen molar-refractivity contribution >= 4 is 16.0 Å². The molecule has 134 valence electrons. The fraction of sp³-hybridized carbons (Fsp3) is 0.125. The molecule has 0 radical (unpaired) electrons. The summed E-state index contributed by atoms with van der Waals surface area (Å²) >= 11 is 0. The zero-order valence-corrected chi connectivity index (χ0v) is 14.8. The van der Waals surface area contributed by atoms with Crippen LogP contribution in [0.4, 0.5) is 0 Å². The van der Waals surface area contributed by atoms with Gasteiger partial charge in [0.25, 0.3) is 0 Å². The number of aromatic nitrogens is 4. The summed E-state index contributed by atoms with van der Waals surface area (Å²) in [6.45, 7) is 0. The summed E-state index contributed by atoms with van der Waals surface area (Å²) in [5.74, 6) is -0.344. The average molecular weight is 373 g/mol. The van der Waals surface area contributed by atoms with Crippen LogP contribution in [-0.4, -0.2) is 53.0 Å². The maximum Gasteiger partial charge on any atom is 0.343 e. The summed E-state index contributed by atoms with van der Waals surface area (Å²) in [4.78, 5) is 12.3. The number of carbonyl (C=O) groups excluding carboxylic acids is 1. The van der Waals surface area contributed by atoms with Crippen molar-refractivity contribution in [2.45, 2.75) is 4.90 Å². The molecule has 0 fully saturated rings. The van der Waals surface area contributed by atoms with Crippen LogP contribution in [0.25, 0.3) is 5.69 Å². The topological polar surface area (TPSA) is 107 Å². The Morgan fingerprint density at radius 3 is 2.46 bits per heavy atom. The molecule has 0 bridgehead atoms. The van der Waals surface area contributed by atoms with E-state index in [0.717, 1.165) is 4.31 Å². The Bertz CT molecular complexity index is 1020. The van der Waals surface area contributed by atoms with Crippen LogP contribution in [-0.2, 0) is 10.0 Å². The second-order valence-corrected chi connectivity index (χ2v) is 7.60. The molecule has 0 saturated heterocycles. The largest absolute Gasteiger partial charge is 0.423 e. The van der Waals surface area contributed by atoms with Crippen molar-refractivity contribution in [3.05, 3.63) is 60.4 Å². The van der Waals surface area contributed by atoms with E-state index in [4.69, 9.17) is 4.74 Å². The molecule has 0 N–H and O–H groups in total. The van der Waals surface area contributed by atoms with Crippen molar-refractivity contribution in [3.8, 4) is 11.4 Å². The van der Waals surface area contributed by atoms with Crippen LogP contribution >= 0.6 is 0 Å². The summed E-state index contributed by atoms with van der Waals surface area (Å²) in [5.41, 5.74) is 0.839. The number of hydrogen-bond acceptors (Lipinski definition) is 7. The van der Waals surface area contributed by atoms with E-state index in [2.05, 4.69) is 15.5 Å². The van der Waals surface area contributed by atoms with Crippen molar-refractivity contribution in [3.63, 3.8) is 0 Å². The van der Waals surface area contributed by atoms with Gasteiger partial charge in [-0.15, -0.1) is 5.10 Å². The van der Waals surface area contributed by atoms with Crippen LogP contribution in [0.5, 0.6) is 5.75 Å². The molecule has 0 amide bonds. The van der Waals surface area contributed by atoms with Crippen molar-refractivity contribution in [2.75, 3.05) is 14.1 Å². The number of benzene rings is 2. The molecule has 9 nitrogen and oxygen atoms in total. The number of ether oxygens (including phenoxy) is 1. The predicted octanol–water partition coefficient (Wildman–Crippen LogP) is 1.13. The van der Waals surface area contributed by atoms with Gasteiger partial charge in [-0.2, -0.15) is 0 Å². The summed E-state index contributed by atoms with van der Waals surface area (Å²) in [7, 11) is -0.786. The fourth-order valence-electron chi connectivity index (χ4n) is 2.11. The zero-order valence-electron chi connectivity index (χ0n) is 14.0. The van der Waals surface area contributed by atoms with Gasteiger partial charge in [-0.05, 0) is 52.9 Å². The van der Waals surface area contributed by atoms with Gasteiger partial charge in [-0.3, -0.25) is 0 Å². The smallest absolute Gasteiger partial charge is 0.343 e. The minimum atomic E-state index is -3.63. The van der Waals surface area contributed by atoms with Crippen LogP contribution in [0.3, 0.4) is 0 Å². The second-order valence-electron chi connectivity index (χ2n) is 5.45. The second kappa shape index (κ2) is 7.02. The standard InChI is InChI=1S/C16H15N5O4S/c1-20(2)26(23,24)15-5-3-4-12(10-15)16(22)25-14-8-6-13(7-9-14)21-11-17-18-19-21/h3-11H,1-2H3. The summed E-state index contributed by atoms with van der Waals surface area (Å²) in [5, 5.41) is 10.8. The first-order valence-electron chi connectivity index (χ1n) is 7.46. The van der Waals surface area contributed by atoms with Crippen LogP contribution in [0.15, 0.2) is 59.8 Å². The van der Waals surface area contributed by atoms with Crippen molar-refractivity contribution in [2.24, 2.45) is 0 Å². The number of rotatable bonds is 5. The maximum atomic E-state index is 12.3. The van der Waals surface area contributed by atoms with E-state index < -0.39 is 16.0 Å². The molecule has 0 aliphatic rings. The van der Waals surface area contributed by atoms with Crippen LogP contribution in [0.2, 0.25) is 0 Å². The Balaban J connectivity index is 1.78. The number of sulfonamides is 1. The summed E-state index contributed by atoms with van der Waals surface area (Å²) in [6.07, 6.45) is 1.44. The van der Waals surface area contributed by atoms with E-state index in [9.17, 15) is 13.2 Å². The van der Waals surface area contributed by atoms with Gasteiger partial charge >= 0.3 is 5.97 Å². The van der Waals surface area contributed by atoms with Gasteiger partial charge in [0.2, 0.25) is 10.0 Å². The van der Waals surface area contributed by atoms with Crippen molar-refractivity contribution in [1.29, 1.82) is 0 Å². The number of hydrogen-bond donors (Lipinski definition) is 0. The number of carbonyl (C=O) groups is 1. The molecule has 0 atom stereocenters. The Morgan fingerprint density at radius 1 is 1.12 bits per heavy atom. The van der Waals surface area contributed by atoms with Gasteiger partial charge in [-0.25, -0.2) is 22.2 Å². The molecule has 26 heavy (non-hydrogen) atoms. The Kier molecular flexibility index (Phi) is 4.78. The lowest BCUT2D eigenvalue weighted by molar-refractivity contribution is 0.0734. The first-order chi connectivity index (χ1) is 12.4. The lowest BCUT2D eigenvalue weighted by Gasteiger charge is -2.12. The molecule has 0 spiro atoms. The highest BCUT2D eigenvalue weighted by Crippen LogP contribution is 2.18. The molecule has 10 heteroatoms. The lowest BCUT2D eigenvalue weighted by atomic mass is 10.2. The van der Waals surface area contributed by atoms with E-state index in [-0.39, 0.29) is 10.5 Å². The third-order valence-electron chi connectivity index (χ3n) is 3.51. The first kappa shape index (κ1) is 17.7. The van der Waals surface area contributed by atoms with E-state index in [1.54, 1.807) is 24.3 Å². The van der Waals surface area contributed by atoms with Crippen LogP contribution < -0.4 is 4.74 Å². The Hall–Kier alpha value is -3.11. The molecule has 3 aromatic rings. The fourth-order valence-corrected chi connectivity index (χ4v) is 3.05. The molecular formula is C16H15N5O4S. The van der Waals surface area contributed by atoms with Gasteiger partial charge in [0.05, 0.1) is 16.1 Å². The summed E-state index contributed by atoms with van der Waals surface area (Å²) < 4.78 is 32.2. The molecule has 1 aromatic heterocycles. The van der Waals surface area contributed by atoms with Crippen LogP contribution in [0, 0.1) is 0 Å². The quantitative estimate of drug-likeness (QED) is 0.487. The molecule has 0 aliphatic heterocycles. The number of tetrazole rings is 1. The molecule has 0 unspecified atom stereocenters. The summed E-state index contributed by atoms with van der Waals surface area (Å²) in [6, 6.07) is 12.3. The maximum absolute atomic E-state index is 12.3. The Morgan fingerprint density at radius 2 is 1.85 bits per heavy atom. The molecule has 0 aliphatic carbocycles. The molecular weight excluding hydrogens is 358 g/mol. The Labute approximate surface area is 149 Å². The molecule has 3 rings (SSSR count). The third kappa shape index (κ3) is 3.60. The van der Waals surface area contributed by atoms with Gasteiger partial charge in [-0.1, -0.05) is 6.07 Å². The average Bonchev–Trinajstić information content (AvgIpc) is 3.17. The first-order valence-corrected chi connectivity index (χ1v) is 8.90. The molecule has 0 saturated carbocycles. The van der Waals surface area contributed by atoms with E-state index in [1.807, 2.05) is 0 Å². The minimum absolute atomic E-state index is 0.0194. The molecule has 2 aromatic carbocycles. The minimum Gasteiger partial charge on any atom is -0.423 e. The van der Waals surface area contributed by atoms with Crippen molar-refractivity contribution in [1.82, 2.24) is 24.5 Å². The monoisotopic (exact) mass is 373 g/mol. The molecule has 1 heterocycles. The van der Waals surface area contributed by atoms with Gasteiger partial charge in [0, 0.05) is 14.1 Å². The van der Waals surface area contributed by atoms with E-state index >= 15 is 0 Å². The van der Waals surface area contributed by atoms with Gasteiger partial charge in [0.1, 0.15) is 12.1 Å². The highest BCUT2D eigenvalue weighted by Gasteiger charge is 2.19. The van der Waals surface area contributed by atoms with Crippen LogP contribution in [0.1, 0.15) is 10.4 Å². The number of esters is 1. The highest BCUT2D eigenvalue weighted by molar-refractivity contribution is 7.89. The van der Waals surface area contributed by atoms with Gasteiger partial charge in [0.15, 0.2) is 0 Å². The SMILES string of the molecule is CN(C)S(=O)(=O)c1cccc(C(=O)Oc2ccc(-n3cnnn3)cc2)c1. The van der Waals surface area contributed by atoms with E-state index in [1.165, 1.54) is 49.4 Å². The third-order valence-corrected chi connectivity index (χ3v) is 5.32. The lowest BCUT2D eigenvalue weighted by Crippen LogP contribution is -2.22. The van der Waals surface area contributed by atoms with Gasteiger partial charge < -0.3 is 4.74 Å². The highest BCUT2D eigenvalue weighted by atomic mass is 32.2. The predicted molar refractivity (Wildman–Crippen MR) is 91.4 cm³/mol. The van der Waals surface area contributed by atoms with E-state index in [0.29, 0.717) is 11.4 Å². The zero-order chi connectivity index (χ0) is 18.7. The normalized spacial score (nSPS) is 11.5. The van der Waals surface area contributed by atoms with Crippen molar-refractivity contribution < 1.29 is 17.9 Å².